The van der Waals surface area contributed by atoms with E-state index in [1.54, 1.807) is 16.7 Å². The maximum absolute atomic E-state index is 12.8. The summed E-state index contributed by atoms with van der Waals surface area (Å²) in [6.45, 7) is 2.78. The maximum Gasteiger partial charge on any atom is 0.249 e. The summed E-state index contributed by atoms with van der Waals surface area (Å²) in [7, 11) is 0. The zero-order chi connectivity index (χ0) is 18.6. The third-order valence-electron chi connectivity index (χ3n) is 5.47. The highest BCUT2D eigenvalue weighted by molar-refractivity contribution is 8.01. The van der Waals surface area contributed by atoms with Crippen LogP contribution in [0.4, 0.5) is 5.13 Å². The molecule has 1 aromatic heterocycles. The Bertz CT molecular complexity index is 944. The van der Waals surface area contributed by atoms with Crippen LogP contribution in [0.1, 0.15) is 25.3 Å². The van der Waals surface area contributed by atoms with Gasteiger partial charge < -0.3 is 15.0 Å². The zero-order valence-electron chi connectivity index (χ0n) is 14.9. The molecule has 2 aromatic rings. The van der Waals surface area contributed by atoms with Crippen LogP contribution in [0.25, 0.3) is 11.3 Å². The first-order chi connectivity index (χ1) is 13.0. The maximum atomic E-state index is 12.8. The molecular formula is C19H19N3O3S2. The second-order valence-corrected chi connectivity index (χ2v) is 9.57. The van der Waals surface area contributed by atoms with Crippen LogP contribution in [-0.2, 0) is 16.0 Å². The van der Waals surface area contributed by atoms with Gasteiger partial charge in [-0.05, 0) is 37.1 Å². The molecule has 2 unspecified atom stereocenters. The fourth-order valence-electron chi connectivity index (χ4n) is 4.01. The number of hydrogen-bond acceptors (Lipinski definition) is 6. The normalized spacial score (nSPS) is 26.0. The summed E-state index contributed by atoms with van der Waals surface area (Å²) in [5, 5.41) is 5.43. The number of nitrogens with zero attached hydrogens (tertiary/aromatic N) is 2. The Morgan fingerprint density at radius 1 is 1.41 bits per heavy atom. The molecule has 8 heteroatoms. The number of fused-ring (bicyclic) bond motifs is 2. The molecule has 27 heavy (non-hydrogen) atoms. The van der Waals surface area contributed by atoms with Crippen LogP contribution >= 0.6 is 23.1 Å². The number of thioether (sulfide) groups is 1. The second kappa shape index (κ2) is 6.24. The molecule has 1 N–H and O–H groups in total. The number of rotatable bonds is 3. The van der Waals surface area contributed by atoms with Gasteiger partial charge in [-0.3, -0.25) is 9.59 Å². The van der Waals surface area contributed by atoms with Gasteiger partial charge in [-0.25, -0.2) is 4.98 Å². The lowest BCUT2D eigenvalue weighted by atomic mass is 10.1. The van der Waals surface area contributed by atoms with Gasteiger partial charge in [0.2, 0.25) is 11.8 Å². The van der Waals surface area contributed by atoms with E-state index in [1.165, 1.54) is 16.9 Å². The van der Waals surface area contributed by atoms with E-state index >= 15 is 0 Å². The number of thiazole rings is 1. The molecule has 5 rings (SSSR count). The van der Waals surface area contributed by atoms with Gasteiger partial charge >= 0.3 is 0 Å². The van der Waals surface area contributed by atoms with E-state index < -0.39 is 6.04 Å². The number of aromatic nitrogens is 1. The van der Waals surface area contributed by atoms with Crippen molar-refractivity contribution in [3.8, 4) is 17.0 Å². The summed E-state index contributed by atoms with van der Waals surface area (Å²) in [6.07, 6.45) is 2.25. The molecule has 6 nitrogen and oxygen atoms in total. The molecule has 2 amide bonds. The number of anilines is 1. The van der Waals surface area contributed by atoms with E-state index in [9.17, 15) is 9.59 Å². The van der Waals surface area contributed by atoms with Gasteiger partial charge in [0.1, 0.15) is 11.8 Å². The van der Waals surface area contributed by atoms with Crippen molar-refractivity contribution in [2.75, 3.05) is 17.7 Å². The van der Waals surface area contributed by atoms with E-state index in [0.29, 0.717) is 17.3 Å². The standard InChI is InChI=1S/C19H19N3O3S2/c1-19-6-4-16(23)22(19)14(10-27-19)17(24)21-18-20-13(9-26-18)11-2-3-15-12(8-11)5-7-25-15/h2-3,8-9,14H,4-7,10H2,1H3,(H,20,21,24). The molecule has 0 saturated carbocycles. The second-order valence-electron chi connectivity index (χ2n) is 7.21. The molecule has 2 saturated heterocycles. The molecule has 0 radical (unpaired) electrons. The monoisotopic (exact) mass is 401 g/mol. The van der Waals surface area contributed by atoms with Crippen LogP contribution in [-0.4, -0.2) is 45.0 Å². The molecule has 1 aromatic carbocycles. The predicted octanol–water partition coefficient (Wildman–Crippen LogP) is 3.14. The van der Waals surface area contributed by atoms with Crippen LogP contribution in [0.15, 0.2) is 23.6 Å². The van der Waals surface area contributed by atoms with Crippen LogP contribution in [0.3, 0.4) is 0 Å². The molecule has 140 valence electrons. The van der Waals surface area contributed by atoms with E-state index in [4.69, 9.17) is 4.74 Å². The van der Waals surface area contributed by atoms with Gasteiger partial charge in [0.05, 0.1) is 17.2 Å². The Labute approximate surface area is 165 Å². The molecule has 2 fully saturated rings. The molecule has 0 spiro atoms. The van der Waals surface area contributed by atoms with Crippen molar-refractivity contribution in [2.45, 2.75) is 37.1 Å². The Kier molecular flexibility index (Phi) is 3.94. The Morgan fingerprint density at radius 2 is 2.30 bits per heavy atom. The van der Waals surface area contributed by atoms with Crippen LogP contribution in [0.5, 0.6) is 5.75 Å². The molecule has 2 atom stereocenters. The largest absolute Gasteiger partial charge is 0.493 e. The summed E-state index contributed by atoms with van der Waals surface area (Å²) in [5.41, 5.74) is 3.06. The number of hydrogen-bond donors (Lipinski definition) is 1. The van der Waals surface area contributed by atoms with Crippen molar-refractivity contribution in [1.29, 1.82) is 0 Å². The highest BCUT2D eigenvalue weighted by atomic mass is 32.2. The quantitative estimate of drug-likeness (QED) is 0.856. The molecule has 4 heterocycles. The number of benzene rings is 1. The highest BCUT2D eigenvalue weighted by Crippen LogP contribution is 2.47. The van der Waals surface area contributed by atoms with Crippen molar-refractivity contribution in [1.82, 2.24) is 9.88 Å². The van der Waals surface area contributed by atoms with Crippen molar-refractivity contribution >= 4 is 40.0 Å². The summed E-state index contributed by atoms with van der Waals surface area (Å²) >= 11 is 3.10. The summed E-state index contributed by atoms with van der Waals surface area (Å²) < 4.78 is 5.55. The Balaban J connectivity index is 1.32. The first kappa shape index (κ1) is 17.1. The average Bonchev–Trinajstić information content (AvgIpc) is 3.40. The minimum absolute atomic E-state index is 0.0721. The van der Waals surface area contributed by atoms with Crippen molar-refractivity contribution < 1.29 is 14.3 Å². The van der Waals surface area contributed by atoms with Crippen LogP contribution < -0.4 is 10.1 Å². The number of nitrogens with one attached hydrogen (secondary N) is 1. The summed E-state index contributed by atoms with van der Waals surface area (Å²) in [6, 6.07) is 5.65. The fourth-order valence-corrected chi connectivity index (χ4v) is 6.17. The predicted molar refractivity (Wildman–Crippen MR) is 106 cm³/mol. The number of carbonyl (C=O) groups excluding carboxylic acids is 2. The SMILES string of the molecule is CC12CCC(=O)N1C(C(=O)Nc1nc(-c3ccc4c(c3)CCO4)cs1)CS2. The van der Waals surface area contributed by atoms with E-state index in [1.807, 2.05) is 17.5 Å². The lowest BCUT2D eigenvalue weighted by Crippen LogP contribution is -2.48. The number of ether oxygens (including phenoxy) is 1. The van der Waals surface area contributed by atoms with E-state index in [-0.39, 0.29) is 16.7 Å². The topological polar surface area (TPSA) is 71.5 Å². The molecular weight excluding hydrogens is 382 g/mol. The van der Waals surface area contributed by atoms with Gasteiger partial charge in [-0.15, -0.1) is 23.1 Å². The van der Waals surface area contributed by atoms with Gasteiger partial charge in [0.25, 0.3) is 0 Å². The number of amides is 2. The van der Waals surface area contributed by atoms with Gasteiger partial charge in [0.15, 0.2) is 5.13 Å². The Hall–Kier alpha value is -2.06. The molecule has 0 aliphatic carbocycles. The van der Waals surface area contributed by atoms with Crippen molar-refractivity contribution in [3.63, 3.8) is 0 Å². The van der Waals surface area contributed by atoms with Crippen molar-refractivity contribution in [2.24, 2.45) is 0 Å². The molecule has 3 aliphatic heterocycles. The third-order valence-corrected chi connectivity index (χ3v) is 7.73. The first-order valence-electron chi connectivity index (χ1n) is 9.02. The van der Waals surface area contributed by atoms with Crippen LogP contribution in [0, 0.1) is 0 Å². The minimum Gasteiger partial charge on any atom is -0.493 e. The Morgan fingerprint density at radius 3 is 3.19 bits per heavy atom. The van der Waals surface area contributed by atoms with Gasteiger partial charge in [0, 0.05) is 29.5 Å². The molecule has 0 bridgehead atoms. The van der Waals surface area contributed by atoms with Crippen LogP contribution in [0.2, 0.25) is 0 Å². The zero-order valence-corrected chi connectivity index (χ0v) is 16.5. The lowest BCUT2D eigenvalue weighted by Gasteiger charge is -2.29. The van der Waals surface area contributed by atoms with E-state index in [2.05, 4.69) is 23.3 Å². The van der Waals surface area contributed by atoms with Gasteiger partial charge in [-0.1, -0.05) is 0 Å². The smallest absolute Gasteiger partial charge is 0.249 e. The average molecular weight is 402 g/mol. The minimum atomic E-state index is -0.417. The summed E-state index contributed by atoms with van der Waals surface area (Å²) in [5.74, 6) is 1.50. The summed E-state index contributed by atoms with van der Waals surface area (Å²) in [4.78, 5) is 31.1. The van der Waals surface area contributed by atoms with Crippen molar-refractivity contribution in [3.05, 3.63) is 29.1 Å². The first-order valence-corrected chi connectivity index (χ1v) is 10.9. The van der Waals surface area contributed by atoms with Gasteiger partial charge in [-0.2, -0.15) is 0 Å². The van der Waals surface area contributed by atoms with E-state index in [0.717, 1.165) is 36.5 Å². The number of carbonyl (C=O) groups is 2. The lowest BCUT2D eigenvalue weighted by molar-refractivity contribution is -0.135. The third kappa shape index (κ3) is 2.82. The highest BCUT2D eigenvalue weighted by Gasteiger charge is 2.52. The fraction of sp³-hybridized carbons (Fsp3) is 0.421. The molecule has 3 aliphatic rings.